The molecule has 40 heavy (non-hydrogen) atoms. The first-order valence-electron chi connectivity index (χ1n) is 14.1. The van der Waals surface area contributed by atoms with E-state index in [9.17, 15) is 0 Å². The molecule has 0 aromatic heterocycles. The Hall–Kier alpha value is -2.58. The van der Waals surface area contributed by atoms with Gasteiger partial charge in [-0.15, -0.1) is 45.3 Å². The van der Waals surface area contributed by atoms with Crippen LogP contribution in [-0.2, 0) is 24.2 Å². The molecule has 1 aliphatic carbocycles. The van der Waals surface area contributed by atoms with E-state index >= 15 is 0 Å². The van der Waals surface area contributed by atoms with E-state index in [1.54, 1.807) is 0 Å². The summed E-state index contributed by atoms with van der Waals surface area (Å²) in [7, 11) is -2.15. The van der Waals surface area contributed by atoms with Gasteiger partial charge in [0, 0.05) is 16.1 Å². The van der Waals surface area contributed by atoms with E-state index in [1.165, 1.54) is 65.3 Å². The van der Waals surface area contributed by atoms with Crippen molar-refractivity contribution in [1.29, 1.82) is 0 Å². The molecule has 5 aromatic carbocycles. The van der Waals surface area contributed by atoms with Crippen molar-refractivity contribution in [3.05, 3.63) is 150 Å². The number of benzene rings is 4. The SMILES string of the molecule is C[Si](C)(C)C1=[C-]C([Si](C)(C)C)C=C1.[Zr+2]=[C](c1ccccc1)c1ccccc1.c1ccc2c(c1)[cH-]c1ccccc12. The van der Waals surface area contributed by atoms with Gasteiger partial charge in [-0.1, -0.05) is 75.7 Å². The van der Waals surface area contributed by atoms with Gasteiger partial charge in [-0.2, -0.15) is 6.08 Å². The third-order valence-electron chi connectivity index (χ3n) is 7.16. The maximum absolute atomic E-state index is 3.70. The minimum absolute atomic E-state index is 0.661. The molecule has 0 N–H and O–H groups in total. The summed E-state index contributed by atoms with van der Waals surface area (Å²) >= 11 is 1.46. The van der Waals surface area contributed by atoms with E-state index in [4.69, 9.17) is 0 Å². The van der Waals surface area contributed by atoms with Gasteiger partial charge in [-0.25, -0.2) is 11.3 Å². The molecule has 200 valence electrons. The van der Waals surface area contributed by atoms with Crippen LogP contribution < -0.4 is 0 Å². The Kier molecular flexibility index (Phi) is 10.2. The van der Waals surface area contributed by atoms with Crippen LogP contribution in [0, 0.1) is 6.08 Å². The quantitative estimate of drug-likeness (QED) is 0.137. The van der Waals surface area contributed by atoms with Crippen LogP contribution in [0.25, 0.3) is 21.5 Å². The Bertz CT molecular complexity index is 1520. The van der Waals surface area contributed by atoms with Crippen LogP contribution in [0.1, 0.15) is 11.1 Å². The van der Waals surface area contributed by atoms with Gasteiger partial charge in [0.25, 0.3) is 0 Å². The van der Waals surface area contributed by atoms with E-state index in [-0.39, 0.29) is 0 Å². The predicted octanol–water partition coefficient (Wildman–Crippen LogP) is 10.4. The smallest absolute Gasteiger partial charge is 0.0771 e. The normalized spacial score (nSPS) is 14.7. The van der Waals surface area contributed by atoms with Crippen molar-refractivity contribution in [2.24, 2.45) is 0 Å². The van der Waals surface area contributed by atoms with E-state index in [2.05, 4.69) is 173 Å². The zero-order chi connectivity index (χ0) is 28.8. The topological polar surface area (TPSA) is 0 Å². The molecule has 0 heterocycles. The molecular formula is C37H40Si2Zr. The fourth-order valence-electron chi connectivity index (χ4n) is 4.71. The molecule has 0 radical (unpaired) electrons. The summed E-state index contributed by atoms with van der Waals surface area (Å²) < 4.78 is 1.42. The molecule has 5 aromatic rings. The van der Waals surface area contributed by atoms with Gasteiger partial charge in [-0.3, -0.25) is 6.08 Å². The first-order valence-corrected chi connectivity index (χ1v) is 22.4. The number of rotatable bonds is 4. The summed E-state index contributed by atoms with van der Waals surface area (Å²) in [5, 5.41) is 6.92. The Balaban J connectivity index is 0.000000139. The van der Waals surface area contributed by atoms with Crippen molar-refractivity contribution in [2.45, 2.75) is 44.8 Å². The number of hydrogen-bond acceptors (Lipinski definition) is 0. The second-order valence-corrected chi connectivity index (χ2v) is 24.1. The van der Waals surface area contributed by atoms with E-state index < -0.39 is 16.1 Å². The summed E-state index contributed by atoms with van der Waals surface area (Å²) in [5.41, 5.74) is 3.32. The molecular weight excluding hydrogens is 592 g/mol. The van der Waals surface area contributed by atoms with Gasteiger partial charge in [-0.05, 0) is 0 Å². The van der Waals surface area contributed by atoms with Crippen molar-refractivity contribution in [1.82, 2.24) is 0 Å². The van der Waals surface area contributed by atoms with Crippen molar-refractivity contribution in [3.63, 3.8) is 0 Å². The zero-order valence-electron chi connectivity index (χ0n) is 24.7. The zero-order valence-corrected chi connectivity index (χ0v) is 29.2. The average molecular weight is 632 g/mol. The molecule has 0 aliphatic heterocycles. The van der Waals surface area contributed by atoms with Crippen LogP contribution in [0.3, 0.4) is 0 Å². The van der Waals surface area contributed by atoms with Crippen molar-refractivity contribution in [3.8, 4) is 0 Å². The Morgan fingerprint density at radius 1 is 0.625 bits per heavy atom. The third-order valence-corrected chi connectivity index (χ3v) is 12.7. The molecule has 1 aliphatic rings. The standard InChI is InChI=1S/C13H9.C13H10.C11H21Si2.Zr/c1-3-7-12-10(5-1)9-11-6-2-4-8-13(11)12;1-3-7-12(8-4-1)11-13-9-5-2-6-10-13;1-12(2,3)10-7-8-11(9-10)13(4,5)6;/h1-9H;1-10H;7-8,10H,1-6H3;/q-1;;-1;+2. The van der Waals surface area contributed by atoms with Gasteiger partial charge in [0.05, 0.1) is 0 Å². The molecule has 0 saturated heterocycles. The molecule has 0 nitrogen and oxygen atoms in total. The van der Waals surface area contributed by atoms with Crippen LogP contribution in [0.4, 0.5) is 0 Å². The Morgan fingerprint density at radius 2 is 1.05 bits per heavy atom. The summed E-state index contributed by atoms with van der Waals surface area (Å²) in [6.45, 7) is 14.4. The van der Waals surface area contributed by atoms with E-state index in [0.717, 1.165) is 0 Å². The van der Waals surface area contributed by atoms with Crippen LogP contribution in [0.5, 0.6) is 0 Å². The van der Waals surface area contributed by atoms with Crippen LogP contribution in [0.15, 0.2) is 133 Å². The second kappa shape index (κ2) is 13.4. The minimum atomic E-state index is -1.10. The maximum atomic E-state index is 3.70. The molecule has 0 saturated carbocycles. The summed E-state index contributed by atoms with van der Waals surface area (Å²) in [6.07, 6.45) is 8.40. The third kappa shape index (κ3) is 8.00. The molecule has 3 heteroatoms. The van der Waals surface area contributed by atoms with E-state index in [0.29, 0.717) is 5.54 Å². The summed E-state index contributed by atoms with van der Waals surface area (Å²) in [6, 6.07) is 40.4. The minimum Gasteiger partial charge on any atom is -0.126 e. The van der Waals surface area contributed by atoms with Gasteiger partial charge in [0.15, 0.2) is 0 Å². The fourth-order valence-corrected chi connectivity index (χ4v) is 8.12. The number of hydrogen-bond donors (Lipinski definition) is 0. The first kappa shape index (κ1) is 30.4. The molecule has 0 amide bonds. The van der Waals surface area contributed by atoms with Gasteiger partial charge < -0.3 is 0 Å². The molecule has 6 rings (SSSR count). The molecule has 1 atom stereocenters. The maximum Gasteiger partial charge on any atom is -0.0771 e. The molecule has 0 fully saturated rings. The summed E-state index contributed by atoms with van der Waals surface area (Å²) in [4.78, 5) is 0. The summed E-state index contributed by atoms with van der Waals surface area (Å²) in [5.74, 6) is 0. The van der Waals surface area contributed by atoms with Crippen molar-refractivity contribution < 1.29 is 24.2 Å². The van der Waals surface area contributed by atoms with Gasteiger partial charge >= 0.3 is 99.2 Å². The average Bonchev–Trinajstić information content (AvgIpc) is 3.61. The van der Waals surface area contributed by atoms with Gasteiger partial charge in [0.1, 0.15) is 0 Å². The Labute approximate surface area is 258 Å². The van der Waals surface area contributed by atoms with Crippen molar-refractivity contribution in [2.75, 3.05) is 0 Å². The first-order chi connectivity index (χ1) is 19.0. The molecule has 0 spiro atoms. The molecule has 1 unspecified atom stereocenters. The number of fused-ring (bicyclic) bond motifs is 3. The van der Waals surface area contributed by atoms with Gasteiger partial charge in [0.2, 0.25) is 0 Å². The van der Waals surface area contributed by atoms with E-state index in [1.807, 2.05) is 0 Å². The largest absolute Gasteiger partial charge is 0.126 e. The van der Waals surface area contributed by atoms with Crippen molar-refractivity contribution >= 4 is 40.9 Å². The van der Waals surface area contributed by atoms with Crippen LogP contribution in [-0.4, -0.2) is 19.4 Å². The monoisotopic (exact) mass is 630 g/mol. The second-order valence-electron chi connectivity index (χ2n) is 12.4. The number of allylic oxidation sites excluding steroid dienone is 4. The fraction of sp³-hybridized carbons (Fsp3) is 0.189. The van der Waals surface area contributed by atoms with Crippen LogP contribution >= 0.6 is 0 Å². The predicted molar refractivity (Wildman–Crippen MR) is 179 cm³/mol. The Morgan fingerprint density at radius 3 is 1.43 bits per heavy atom. The van der Waals surface area contributed by atoms with Crippen LogP contribution in [0.2, 0.25) is 44.8 Å². The molecule has 0 bridgehead atoms.